The number of thiophene rings is 2. The first-order valence-corrected chi connectivity index (χ1v) is 32.8. The Morgan fingerprint density at radius 1 is 0.217 bits per heavy atom. The van der Waals surface area contributed by atoms with E-state index in [0.717, 1.165) is 143 Å². The molecule has 0 aliphatic rings. The molecular formula is C85H49N5S2. The summed E-state index contributed by atoms with van der Waals surface area (Å²) < 4.78 is 14.8. The van der Waals surface area contributed by atoms with Gasteiger partial charge in [-0.15, -0.1) is 22.7 Å². The van der Waals surface area contributed by atoms with Gasteiger partial charge in [-0.05, 0) is 113 Å². The molecule has 0 radical (unpaired) electrons. The summed E-state index contributed by atoms with van der Waals surface area (Å²) in [5, 5.41) is 27.2. The average molecular weight is 1200 g/mol. The topological polar surface area (TPSA) is 43.5 Å². The van der Waals surface area contributed by atoms with Crippen molar-refractivity contribution < 1.29 is 0 Å². The molecule has 20 aromatic rings. The first kappa shape index (κ1) is 51.1. The van der Waals surface area contributed by atoms with Crippen molar-refractivity contribution in [1.29, 1.82) is 5.26 Å². The second kappa shape index (κ2) is 19.6. The molecule has 5 nitrogen and oxygen atoms in total. The number of hydrogen-bond donors (Lipinski definition) is 0. The summed E-state index contributed by atoms with van der Waals surface area (Å²) >= 11 is 3.67. The van der Waals surface area contributed by atoms with E-state index in [4.69, 9.17) is 0 Å². The van der Waals surface area contributed by atoms with Gasteiger partial charge in [0.2, 0.25) is 0 Å². The van der Waals surface area contributed by atoms with Gasteiger partial charge in [0.25, 0.3) is 0 Å². The number of hydrogen-bond acceptors (Lipinski definition) is 3. The van der Waals surface area contributed by atoms with Gasteiger partial charge >= 0.3 is 0 Å². The maximum absolute atomic E-state index is 13.3. The van der Waals surface area contributed by atoms with Crippen LogP contribution < -0.4 is 0 Å². The van der Waals surface area contributed by atoms with Crippen LogP contribution in [-0.4, -0.2) is 18.3 Å². The highest BCUT2D eigenvalue weighted by Crippen LogP contribution is 2.54. The molecule has 0 amide bonds. The van der Waals surface area contributed by atoms with Gasteiger partial charge in [-0.1, -0.05) is 212 Å². The van der Waals surface area contributed by atoms with Crippen LogP contribution in [0.25, 0.3) is 184 Å². The van der Waals surface area contributed by atoms with Crippen molar-refractivity contribution in [3.63, 3.8) is 0 Å². The summed E-state index contributed by atoms with van der Waals surface area (Å²) in [5.74, 6) is 0. The second-order valence-electron chi connectivity index (χ2n) is 24.2. The van der Waals surface area contributed by atoms with E-state index in [-0.39, 0.29) is 0 Å². The number of para-hydroxylation sites is 4. The van der Waals surface area contributed by atoms with Crippen molar-refractivity contribution in [2.45, 2.75) is 0 Å². The van der Waals surface area contributed by atoms with Gasteiger partial charge in [0, 0.05) is 89.0 Å². The summed E-state index contributed by atoms with van der Waals surface area (Å²) in [6.07, 6.45) is 0. The summed E-state index contributed by atoms with van der Waals surface area (Å²) in [6.45, 7) is 0. The Labute approximate surface area is 535 Å². The molecule has 0 spiro atoms. The van der Waals surface area contributed by atoms with E-state index < -0.39 is 0 Å². The van der Waals surface area contributed by atoms with Crippen LogP contribution in [0.4, 0.5) is 0 Å². The highest BCUT2D eigenvalue weighted by Gasteiger charge is 2.35. The van der Waals surface area contributed by atoms with Gasteiger partial charge in [0.1, 0.15) is 11.6 Å². The number of aromatic nitrogens is 4. The minimum atomic E-state index is 0.533. The van der Waals surface area contributed by atoms with E-state index in [1.165, 1.54) is 40.3 Å². The van der Waals surface area contributed by atoms with E-state index in [1.807, 2.05) is 22.7 Å². The molecule has 0 saturated heterocycles. The Balaban J connectivity index is 1.09. The maximum atomic E-state index is 13.3. The largest absolute Gasteiger partial charge is 0.306 e. The molecule has 0 fully saturated rings. The van der Waals surface area contributed by atoms with Crippen LogP contribution >= 0.6 is 22.7 Å². The zero-order chi connectivity index (χ0) is 60.3. The fourth-order valence-corrected chi connectivity index (χ4v) is 17.7. The normalized spacial score (nSPS) is 12.1. The van der Waals surface area contributed by atoms with Crippen molar-refractivity contribution in [3.8, 4) is 62.2 Å². The lowest BCUT2D eigenvalue weighted by Crippen LogP contribution is -2.16. The molecule has 0 bridgehead atoms. The Morgan fingerprint density at radius 2 is 0.533 bits per heavy atom. The molecule has 92 heavy (non-hydrogen) atoms. The average Bonchev–Trinajstić information content (AvgIpc) is 1.44. The minimum absolute atomic E-state index is 0.533. The predicted octanol–water partition coefficient (Wildman–Crippen LogP) is 23.7. The van der Waals surface area contributed by atoms with Crippen molar-refractivity contribution in [2.24, 2.45) is 0 Å². The monoisotopic (exact) mass is 1200 g/mol. The van der Waals surface area contributed by atoms with Crippen LogP contribution in [0.3, 0.4) is 0 Å². The molecule has 7 heteroatoms. The van der Waals surface area contributed by atoms with Crippen molar-refractivity contribution in [2.75, 3.05) is 0 Å². The van der Waals surface area contributed by atoms with E-state index in [2.05, 4.69) is 322 Å². The minimum Gasteiger partial charge on any atom is -0.306 e. The number of rotatable bonds is 7. The highest BCUT2D eigenvalue weighted by molar-refractivity contribution is 7.26. The molecule has 20 rings (SSSR count). The van der Waals surface area contributed by atoms with Crippen molar-refractivity contribution >= 4 is 150 Å². The molecule has 0 saturated carbocycles. The summed E-state index contributed by atoms with van der Waals surface area (Å²) in [4.78, 5) is 0. The second-order valence-corrected chi connectivity index (χ2v) is 26.3. The fraction of sp³-hybridized carbons (Fsp3) is 0. The third kappa shape index (κ3) is 7.21. The van der Waals surface area contributed by atoms with Gasteiger partial charge in [-0.2, -0.15) is 5.26 Å². The number of nitriles is 1. The summed E-state index contributed by atoms with van der Waals surface area (Å²) in [5.41, 5.74) is 18.6. The van der Waals surface area contributed by atoms with E-state index in [0.29, 0.717) is 5.56 Å². The van der Waals surface area contributed by atoms with Crippen molar-refractivity contribution in [3.05, 3.63) is 303 Å². The smallest absolute Gasteiger partial charge is 0.104 e. The third-order valence-corrected chi connectivity index (χ3v) is 21.6. The van der Waals surface area contributed by atoms with Crippen LogP contribution in [0.2, 0.25) is 0 Å². The molecule has 6 aromatic heterocycles. The first-order valence-electron chi connectivity index (χ1n) is 31.2. The summed E-state index contributed by atoms with van der Waals surface area (Å²) in [7, 11) is 0. The van der Waals surface area contributed by atoms with Gasteiger partial charge in [0.05, 0.1) is 66.9 Å². The molecule has 0 unspecified atom stereocenters. The molecule has 14 aromatic carbocycles. The van der Waals surface area contributed by atoms with Crippen LogP contribution in [-0.2, 0) is 0 Å². The van der Waals surface area contributed by atoms with Gasteiger partial charge < -0.3 is 18.3 Å². The zero-order valence-electron chi connectivity index (χ0n) is 49.3. The van der Waals surface area contributed by atoms with Crippen LogP contribution in [0, 0.1) is 11.3 Å². The lowest BCUT2D eigenvalue weighted by molar-refractivity contribution is 1.04. The molecule has 0 atom stereocenters. The lowest BCUT2D eigenvalue weighted by atomic mass is 9.93. The van der Waals surface area contributed by atoms with Gasteiger partial charge in [-0.3, -0.25) is 0 Å². The van der Waals surface area contributed by atoms with Gasteiger partial charge in [-0.25, -0.2) is 0 Å². The standard InChI is InChI=1S/C85H49N5S2/c86-50-68-82(87-69-34-16-10-28-56(69)57-29-11-17-35-70(57)87)84(89-73-42-40-54(51-22-4-1-5-23-51)44-62(73)64-46-66-60-32-14-20-38-77(60)91-79(66)48-75(64)89)81(53-26-8-3-9-27-53)85(83(68)88-71-36-18-12-30-58(71)59-31-13-19-37-72(59)88)90-74-43-41-55(52-24-6-2-7-25-52)45-63(74)65-47-67-61-33-15-21-39-78(61)92-80(67)49-76(65)90/h1-49H. The number of fused-ring (bicyclic) bond motifs is 18. The maximum Gasteiger partial charge on any atom is 0.104 e. The predicted molar refractivity (Wildman–Crippen MR) is 391 cm³/mol. The van der Waals surface area contributed by atoms with E-state index >= 15 is 0 Å². The summed E-state index contributed by atoms with van der Waals surface area (Å²) in [6, 6.07) is 112. The molecular weight excluding hydrogens is 1160 g/mol. The van der Waals surface area contributed by atoms with Gasteiger partial charge in [0.15, 0.2) is 0 Å². The van der Waals surface area contributed by atoms with Crippen LogP contribution in [0.5, 0.6) is 0 Å². The molecule has 0 aliphatic carbocycles. The Kier molecular flexibility index (Phi) is 10.9. The molecule has 6 heterocycles. The Bertz CT molecular complexity index is 6090. The number of nitrogens with zero attached hydrogens (tertiary/aromatic N) is 5. The van der Waals surface area contributed by atoms with E-state index in [9.17, 15) is 5.26 Å². The van der Waals surface area contributed by atoms with Crippen LogP contribution in [0.15, 0.2) is 297 Å². The molecule has 426 valence electrons. The number of benzene rings is 14. The third-order valence-electron chi connectivity index (χ3n) is 19.4. The lowest BCUT2D eigenvalue weighted by Gasteiger charge is -2.29. The Hall–Kier alpha value is -11.8. The Morgan fingerprint density at radius 3 is 0.924 bits per heavy atom. The molecule has 0 N–H and O–H groups in total. The molecule has 0 aliphatic heterocycles. The SMILES string of the molecule is N#Cc1c(-n2c3ccccc3c3ccccc32)c(-n2c3ccc(-c4ccccc4)cc3c3cc4c(cc32)sc2ccccc24)c(-c2ccccc2)c(-n2c3ccc(-c4ccccc4)cc3c3cc4c(cc32)sc2ccccc24)c1-n1c2ccccc2c2ccccc21. The quantitative estimate of drug-likeness (QED) is 0.157. The zero-order valence-corrected chi connectivity index (χ0v) is 51.0. The van der Waals surface area contributed by atoms with Crippen LogP contribution in [0.1, 0.15) is 5.56 Å². The first-order chi connectivity index (χ1) is 45.6. The van der Waals surface area contributed by atoms with Crippen molar-refractivity contribution in [1.82, 2.24) is 18.3 Å². The fourth-order valence-electron chi connectivity index (χ4n) is 15.5. The van der Waals surface area contributed by atoms with E-state index in [1.54, 1.807) is 0 Å². The highest BCUT2D eigenvalue weighted by atomic mass is 32.1.